The molecule has 3 rings (SSSR count). The number of carbonyl (C=O) groups is 1. The quantitative estimate of drug-likeness (QED) is 0.663. The number of hydrogen-bond donors (Lipinski definition) is 3. The molecule has 1 aliphatic carbocycles. The van der Waals surface area contributed by atoms with Crippen LogP contribution in [0, 0.1) is 24.4 Å². The molecule has 0 bridgehead atoms. The summed E-state index contributed by atoms with van der Waals surface area (Å²) < 4.78 is 41.5. The lowest BCUT2D eigenvalue weighted by molar-refractivity contribution is 0.0997. The highest BCUT2D eigenvalue weighted by molar-refractivity contribution is 5.94. The third-order valence-corrected chi connectivity index (χ3v) is 4.81. The summed E-state index contributed by atoms with van der Waals surface area (Å²) in [6.07, 6.45) is 2.23. The number of nitrogen functional groups attached to an aromatic ring is 1. The van der Waals surface area contributed by atoms with Crippen molar-refractivity contribution < 1.29 is 18.0 Å². The van der Waals surface area contributed by atoms with Gasteiger partial charge in [-0.2, -0.15) is 0 Å². The topological polar surface area (TPSA) is 107 Å². The van der Waals surface area contributed by atoms with E-state index in [4.69, 9.17) is 11.5 Å². The maximum Gasteiger partial charge on any atom is 0.249 e. The van der Waals surface area contributed by atoms with Gasteiger partial charge >= 0.3 is 0 Å². The van der Waals surface area contributed by atoms with Gasteiger partial charge in [-0.05, 0) is 44.6 Å². The van der Waals surface area contributed by atoms with Crippen molar-refractivity contribution in [3.63, 3.8) is 0 Å². The van der Waals surface area contributed by atoms with Crippen LogP contribution in [0.25, 0.3) is 0 Å². The average molecular weight is 416 g/mol. The Bertz CT molecular complexity index is 868. The highest BCUT2D eigenvalue weighted by Crippen LogP contribution is 2.38. The molecule has 5 N–H and O–H groups in total. The fourth-order valence-electron chi connectivity index (χ4n) is 3.61. The Morgan fingerprint density at radius 3 is 2.32 bits per heavy atom. The predicted octanol–water partition coefficient (Wildman–Crippen LogP) is 3.44. The second-order valence-electron chi connectivity index (χ2n) is 6.73. The largest absolute Gasteiger partial charge is 0.384 e. The van der Waals surface area contributed by atoms with E-state index in [-0.39, 0.29) is 29.6 Å². The number of primary amides is 1. The fourth-order valence-corrected chi connectivity index (χ4v) is 3.61. The molecule has 2 aromatic rings. The number of nitrogens with two attached hydrogens (primary N) is 2. The summed E-state index contributed by atoms with van der Waals surface area (Å²) in [5.41, 5.74) is 10.5. The highest BCUT2D eigenvalue weighted by atomic mass is 35.5. The third kappa shape index (κ3) is 4.46. The van der Waals surface area contributed by atoms with Gasteiger partial charge in [0, 0.05) is 23.2 Å². The summed E-state index contributed by atoms with van der Waals surface area (Å²) in [7, 11) is 0. The molecule has 6 nitrogen and oxygen atoms in total. The van der Waals surface area contributed by atoms with Gasteiger partial charge in [-0.1, -0.05) is 0 Å². The molecular weight excluding hydrogens is 395 g/mol. The molecule has 1 fully saturated rings. The molecule has 0 unspecified atom stereocenters. The minimum Gasteiger partial charge on any atom is -0.384 e. The van der Waals surface area contributed by atoms with Crippen LogP contribution in [-0.4, -0.2) is 21.9 Å². The number of carbonyl (C=O) groups excluding carboxylic acids is 1. The number of aryl methyl sites for hydroxylation is 1. The zero-order valence-corrected chi connectivity index (χ0v) is 16.0. The van der Waals surface area contributed by atoms with Gasteiger partial charge in [0.15, 0.2) is 17.5 Å². The first-order chi connectivity index (χ1) is 12.8. The van der Waals surface area contributed by atoms with E-state index in [1.165, 1.54) is 0 Å². The van der Waals surface area contributed by atoms with Gasteiger partial charge in [0.2, 0.25) is 5.91 Å². The average Bonchev–Trinajstić information content (AvgIpc) is 2.59. The number of nitrogens with zero attached hydrogens (tertiary/aromatic N) is 2. The van der Waals surface area contributed by atoms with E-state index >= 15 is 0 Å². The third-order valence-electron chi connectivity index (χ3n) is 4.81. The minimum absolute atomic E-state index is 0. The maximum absolute atomic E-state index is 14.3. The lowest BCUT2D eigenvalue weighted by Crippen LogP contribution is -2.28. The van der Waals surface area contributed by atoms with E-state index in [1.807, 2.05) is 0 Å². The van der Waals surface area contributed by atoms with Gasteiger partial charge in [-0.15, -0.1) is 12.4 Å². The van der Waals surface area contributed by atoms with Crippen molar-refractivity contribution in [2.24, 2.45) is 5.73 Å². The van der Waals surface area contributed by atoms with Crippen molar-refractivity contribution in [2.45, 2.75) is 44.6 Å². The zero-order valence-electron chi connectivity index (χ0n) is 15.1. The lowest BCUT2D eigenvalue weighted by Gasteiger charge is -2.30. The molecular formula is C18H21ClF3N5O. The smallest absolute Gasteiger partial charge is 0.249 e. The fraction of sp³-hybridized carbons (Fsp3) is 0.389. The summed E-state index contributed by atoms with van der Waals surface area (Å²) in [6, 6.07) is 2.35. The van der Waals surface area contributed by atoms with Crippen molar-refractivity contribution in [1.29, 1.82) is 0 Å². The normalized spacial score (nSPS) is 19.0. The van der Waals surface area contributed by atoms with Gasteiger partial charge in [0.1, 0.15) is 17.5 Å². The van der Waals surface area contributed by atoms with Gasteiger partial charge in [0.05, 0.1) is 0 Å². The molecule has 0 aliphatic heterocycles. The molecule has 1 aromatic carbocycles. The second-order valence-corrected chi connectivity index (χ2v) is 6.73. The van der Waals surface area contributed by atoms with E-state index in [1.54, 1.807) is 13.0 Å². The summed E-state index contributed by atoms with van der Waals surface area (Å²) in [5, 5.41) is 3.26. The highest BCUT2D eigenvalue weighted by Gasteiger charge is 2.30. The number of halogens is 4. The molecule has 10 heteroatoms. The first-order valence-electron chi connectivity index (χ1n) is 8.61. The van der Waals surface area contributed by atoms with Gasteiger partial charge in [-0.25, -0.2) is 23.1 Å². The maximum atomic E-state index is 14.3. The van der Waals surface area contributed by atoms with Crippen LogP contribution in [0.1, 0.15) is 53.3 Å². The lowest BCUT2D eigenvalue weighted by atomic mass is 9.79. The summed E-state index contributed by atoms with van der Waals surface area (Å²) >= 11 is 0. The molecule has 0 atom stereocenters. The van der Waals surface area contributed by atoms with E-state index in [0.717, 1.165) is 0 Å². The number of amides is 1. The Hall–Kier alpha value is -2.55. The SMILES string of the molecule is Cc1nc(N)cc(N[C@H]2CC[C@@H](c3c(C(N)=O)cc(F)c(F)c3F)CC2)n1.Cl. The van der Waals surface area contributed by atoms with Crippen molar-refractivity contribution in [3.8, 4) is 0 Å². The van der Waals surface area contributed by atoms with Crippen LogP contribution in [-0.2, 0) is 0 Å². The first kappa shape index (κ1) is 21.7. The number of rotatable bonds is 4. The number of benzene rings is 1. The van der Waals surface area contributed by atoms with Crippen molar-refractivity contribution in [2.75, 3.05) is 11.1 Å². The second kappa shape index (κ2) is 8.64. The van der Waals surface area contributed by atoms with Crippen LogP contribution in [0.15, 0.2) is 12.1 Å². The van der Waals surface area contributed by atoms with E-state index < -0.39 is 29.3 Å². The number of hydrogen-bond acceptors (Lipinski definition) is 5. The molecule has 0 spiro atoms. The Morgan fingerprint density at radius 1 is 1.11 bits per heavy atom. The Morgan fingerprint density at radius 2 is 1.75 bits per heavy atom. The van der Waals surface area contributed by atoms with Gasteiger partial charge in [0.25, 0.3) is 0 Å². The molecule has 152 valence electrons. The van der Waals surface area contributed by atoms with Gasteiger partial charge in [-0.3, -0.25) is 4.79 Å². The van der Waals surface area contributed by atoms with Crippen LogP contribution in [0.3, 0.4) is 0 Å². The van der Waals surface area contributed by atoms with Gasteiger partial charge < -0.3 is 16.8 Å². The summed E-state index contributed by atoms with van der Waals surface area (Å²) in [5.74, 6) is -4.23. The van der Waals surface area contributed by atoms with Crippen LogP contribution >= 0.6 is 12.4 Å². The van der Waals surface area contributed by atoms with Crippen molar-refractivity contribution in [1.82, 2.24) is 9.97 Å². The summed E-state index contributed by atoms with van der Waals surface area (Å²) in [6.45, 7) is 1.73. The molecule has 1 aliphatic rings. The minimum atomic E-state index is -1.58. The molecule has 1 heterocycles. The molecule has 0 radical (unpaired) electrons. The predicted molar refractivity (Wildman–Crippen MR) is 102 cm³/mol. The van der Waals surface area contributed by atoms with Crippen molar-refractivity contribution in [3.05, 3.63) is 46.5 Å². The van der Waals surface area contributed by atoms with Crippen LogP contribution < -0.4 is 16.8 Å². The zero-order chi connectivity index (χ0) is 19.7. The van der Waals surface area contributed by atoms with Crippen LogP contribution in [0.4, 0.5) is 24.8 Å². The summed E-state index contributed by atoms with van der Waals surface area (Å²) in [4.78, 5) is 19.8. The molecule has 1 amide bonds. The molecule has 1 saturated carbocycles. The molecule has 1 aromatic heterocycles. The monoisotopic (exact) mass is 415 g/mol. The first-order valence-corrected chi connectivity index (χ1v) is 8.61. The molecule has 28 heavy (non-hydrogen) atoms. The standard InChI is InChI=1S/C18H20F3N5O.ClH/c1-8-24-13(22)7-14(25-8)26-10-4-2-9(3-5-10)15-11(18(23)27)6-12(19)16(20)17(15)21;/h6-7,9-10H,2-5H2,1H3,(H2,23,27)(H3,22,24,25,26);1H/t9-,10+;. The Labute approximate surface area is 166 Å². The van der Waals surface area contributed by atoms with E-state index in [0.29, 0.717) is 49.2 Å². The Kier molecular flexibility index (Phi) is 6.71. The van der Waals surface area contributed by atoms with Crippen molar-refractivity contribution >= 4 is 29.9 Å². The van der Waals surface area contributed by atoms with E-state index in [2.05, 4.69) is 15.3 Å². The number of aromatic nitrogens is 2. The number of anilines is 2. The Balaban J connectivity index is 0.00000280. The van der Waals surface area contributed by atoms with E-state index in [9.17, 15) is 18.0 Å². The molecule has 0 saturated heterocycles. The van der Waals surface area contributed by atoms with Crippen LogP contribution in [0.5, 0.6) is 0 Å². The van der Waals surface area contributed by atoms with Crippen LogP contribution in [0.2, 0.25) is 0 Å². The number of nitrogens with one attached hydrogen (secondary N) is 1.